The molecule has 1 aliphatic carbocycles. The van der Waals surface area contributed by atoms with Gasteiger partial charge in [-0.05, 0) is 12.8 Å². The first-order valence-corrected chi connectivity index (χ1v) is 9.68. The van der Waals surface area contributed by atoms with E-state index in [2.05, 4.69) is 22.6 Å². The summed E-state index contributed by atoms with van der Waals surface area (Å²) in [4.78, 5) is 47.0. The Bertz CT molecular complexity index is 645. The van der Waals surface area contributed by atoms with E-state index in [0.29, 0.717) is 0 Å². The van der Waals surface area contributed by atoms with Gasteiger partial charge in [0, 0.05) is 12.2 Å². The lowest BCUT2D eigenvalue weighted by Gasteiger charge is -2.26. The SMILES string of the molecule is C=CC(=O)OCC(O)COC(=O)C1CC2OC2CC1C(=O)OCC(O)COC(=O)C=C. The molecule has 2 N–H and O–H groups in total. The molecule has 1 saturated carbocycles. The molecule has 172 valence electrons. The van der Waals surface area contributed by atoms with Gasteiger partial charge in [0.1, 0.15) is 38.6 Å². The molecule has 2 rings (SSSR count). The van der Waals surface area contributed by atoms with Crippen LogP contribution in [0.15, 0.2) is 25.3 Å². The number of aliphatic hydroxyl groups is 2. The van der Waals surface area contributed by atoms with Gasteiger partial charge in [0.05, 0.1) is 24.0 Å². The number of fused-ring (bicyclic) bond motifs is 1. The third-order valence-electron chi connectivity index (χ3n) is 4.76. The predicted octanol–water partition coefficient (Wildman–Crippen LogP) is -0.953. The van der Waals surface area contributed by atoms with Crippen LogP contribution in [-0.2, 0) is 42.9 Å². The highest BCUT2D eigenvalue weighted by molar-refractivity contribution is 5.83. The highest BCUT2D eigenvalue weighted by atomic mass is 16.6. The number of aliphatic hydroxyl groups excluding tert-OH is 2. The van der Waals surface area contributed by atoms with E-state index in [-0.39, 0.29) is 38.3 Å². The van der Waals surface area contributed by atoms with Gasteiger partial charge >= 0.3 is 23.9 Å². The molecule has 1 aliphatic heterocycles. The number of carbonyl (C=O) groups excluding carboxylic acids is 4. The third-order valence-corrected chi connectivity index (χ3v) is 4.76. The highest BCUT2D eigenvalue weighted by Crippen LogP contribution is 2.43. The topological polar surface area (TPSA) is 158 Å². The Morgan fingerprint density at radius 2 is 1.13 bits per heavy atom. The van der Waals surface area contributed by atoms with E-state index in [9.17, 15) is 29.4 Å². The Morgan fingerprint density at radius 3 is 1.48 bits per heavy atom. The normalized spacial score (nSPS) is 25.7. The summed E-state index contributed by atoms with van der Waals surface area (Å²) in [5.41, 5.74) is 0. The van der Waals surface area contributed by atoms with Crippen molar-refractivity contribution >= 4 is 23.9 Å². The van der Waals surface area contributed by atoms with E-state index in [1.165, 1.54) is 0 Å². The number of hydrogen-bond donors (Lipinski definition) is 2. The van der Waals surface area contributed by atoms with E-state index >= 15 is 0 Å². The van der Waals surface area contributed by atoms with Gasteiger partial charge in [-0.1, -0.05) is 13.2 Å². The Hall–Kier alpha value is -2.76. The Morgan fingerprint density at radius 1 is 0.774 bits per heavy atom. The van der Waals surface area contributed by atoms with Gasteiger partial charge in [0.15, 0.2) is 0 Å². The van der Waals surface area contributed by atoms with Crippen LogP contribution < -0.4 is 0 Å². The van der Waals surface area contributed by atoms with E-state index in [4.69, 9.17) is 14.2 Å². The summed E-state index contributed by atoms with van der Waals surface area (Å²) in [5, 5.41) is 19.5. The molecular formula is C20H26O11. The van der Waals surface area contributed by atoms with Crippen molar-refractivity contribution in [3.05, 3.63) is 25.3 Å². The molecule has 1 heterocycles. The monoisotopic (exact) mass is 442 g/mol. The second kappa shape index (κ2) is 11.6. The van der Waals surface area contributed by atoms with Gasteiger partial charge in [-0.15, -0.1) is 0 Å². The minimum Gasteiger partial charge on any atom is -0.463 e. The maximum Gasteiger partial charge on any atom is 0.330 e. The Kier molecular flexibility index (Phi) is 9.16. The van der Waals surface area contributed by atoms with Crippen molar-refractivity contribution in [2.75, 3.05) is 26.4 Å². The van der Waals surface area contributed by atoms with Crippen molar-refractivity contribution in [2.45, 2.75) is 37.3 Å². The Balaban J connectivity index is 1.82. The van der Waals surface area contributed by atoms with Gasteiger partial charge in [-0.25, -0.2) is 9.59 Å². The van der Waals surface area contributed by atoms with Crippen LogP contribution in [0.3, 0.4) is 0 Å². The first-order valence-electron chi connectivity index (χ1n) is 9.68. The summed E-state index contributed by atoms with van der Waals surface area (Å²) in [6.45, 7) is 4.83. The molecule has 0 aromatic carbocycles. The molecular weight excluding hydrogens is 416 g/mol. The highest BCUT2D eigenvalue weighted by Gasteiger charge is 2.53. The van der Waals surface area contributed by atoms with Crippen molar-refractivity contribution in [1.82, 2.24) is 0 Å². The smallest absolute Gasteiger partial charge is 0.330 e. The van der Waals surface area contributed by atoms with Crippen LogP contribution in [-0.4, -0.2) is 84.9 Å². The molecule has 0 aromatic heterocycles. The number of epoxide rings is 1. The summed E-state index contributed by atoms with van der Waals surface area (Å²) >= 11 is 0. The first kappa shape index (κ1) is 24.5. The maximum absolute atomic E-state index is 12.5. The number of hydrogen-bond acceptors (Lipinski definition) is 11. The van der Waals surface area contributed by atoms with Crippen LogP contribution in [0.4, 0.5) is 0 Å². The van der Waals surface area contributed by atoms with Crippen molar-refractivity contribution in [1.29, 1.82) is 0 Å². The van der Waals surface area contributed by atoms with Crippen molar-refractivity contribution in [2.24, 2.45) is 11.8 Å². The summed E-state index contributed by atoms with van der Waals surface area (Å²) in [5.74, 6) is -4.58. The Labute approximate surface area is 178 Å². The zero-order chi connectivity index (χ0) is 23.0. The lowest BCUT2D eigenvalue weighted by molar-refractivity contribution is -0.167. The van der Waals surface area contributed by atoms with Crippen LogP contribution in [0.25, 0.3) is 0 Å². The van der Waals surface area contributed by atoms with Crippen LogP contribution in [0.5, 0.6) is 0 Å². The van der Waals surface area contributed by atoms with E-state index in [0.717, 1.165) is 12.2 Å². The lowest BCUT2D eigenvalue weighted by atomic mass is 9.79. The van der Waals surface area contributed by atoms with Gasteiger partial charge < -0.3 is 33.9 Å². The van der Waals surface area contributed by atoms with Gasteiger partial charge in [0.2, 0.25) is 0 Å². The summed E-state index contributed by atoms with van der Waals surface area (Å²) < 4.78 is 24.9. The summed E-state index contributed by atoms with van der Waals surface area (Å²) in [6.07, 6.45) is -0.394. The minimum atomic E-state index is -1.24. The molecule has 11 nitrogen and oxygen atoms in total. The van der Waals surface area contributed by atoms with Crippen LogP contribution in [0, 0.1) is 11.8 Å². The van der Waals surface area contributed by atoms with Crippen molar-refractivity contribution in [3.8, 4) is 0 Å². The molecule has 2 fully saturated rings. The molecule has 11 heteroatoms. The summed E-state index contributed by atoms with van der Waals surface area (Å²) in [6, 6.07) is 0. The maximum atomic E-state index is 12.5. The van der Waals surface area contributed by atoms with E-state index < -0.39 is 61.1 Å². The molecule has 0 spiro atoms. The fourth-order valence-electron chi connectivity index (χ4n) is 3.09. The quantitative estimate of drug-likeness (QED) is 0.166. The van der Waals surface area contributed by atoms with E-state index in [1.54, 1.807) is 0 Å². The second-order valence-corrected chi connectivity index (χ2v) is 7.13. The summed E-state index contributed by atoms with van der Waals surface area (Å²) in [7, 11) is 0. The molecule has 0 bridgehead atoms. The second-order valence-electron chi connectivity index (χ2n) is 7.13. The van der Waals surface area contributed by atoms with Crippen molar-refractivity contribution < 1.29 is 53.1 Å². The first-order chi connectivity index (χ1) is 14.7. The standard InChI is InChI=1S/C20H26O11/c1-3-17(23)27-7-11(21)9-29-19(25)13-5-15-16(31-15)6-14(13)20(26)30-10-12(22)8-28-18(24)4-2/h3-4,11-16,21-22H,1-2,5-10H2. The average molecular weight is 442 g/mol. The van der Waals surface area contributed by atoms with Crippen LogP contribution in [0.2, 0.25) is 0 Å². The number of rotatable bonds is 12. The average Bonchev–Trinajstić information content (AvgIpc) is 3.55. The zero-order valence-electron chi connectivity index (χ0n) is 16.8. The fourth-order valence-corrected chi connectivity index (χ4v) is 3.09. The van der Waals surface area contributed by atoms with Crippen molar-refractivity contribution in [3.63, 3.8) is 0 Å². The van der Waals surface area contributed by atoms with Gasteiger partial charge in [-0.2, -0.15) is 0 Å². The molecule has 31 heavy (non-hydrogen) atoms. The largest absolute Gasteiger partial charge is 0.463 e. The predicted molar refractivity (Wildman–Crippen MR) is 101 cm³/mol. The van der Waals surface area contributed by atoms with Crippen LogP contribution in [0.1, 0.15) is 12.8 Å². The van der Waals surface area contributed by atoms with Gasteiger partial charge in [-0.3, -0.25) is 9.59 Å². The minimum absolute atomic E-state index is 0.149. The lowest BCUT2D eigenvalue weighted by Crippen LogP contribution is -2.39. The fraction of sp³-hybridized carbons (Fsp3) is 0.600. The molecule has 0 aromatic rings. The van der Waals surface area contributed by atoms with Crippen LogP contribution >= 0.6 is 0 Å². The molecule has 1 saturated heterocycles. The van der Waals surface area contributed by atoms with Gasteiger partial charge in [0.25, 0.3) is 0 Å². The molecule has 6 unspecified atom stereocenters. The number of carbonyl (C=O) groups is 4. The molecule has 6 atom stereocenters. The molecule has 0 radical (unpaired) electrons. The number of ether oxygens (including phenoxy) is 5. The molecule has 2 aliphatic rings. The molecule has 0 amide bonds. The zero-order valence-corrected chi connectivity index (χ0v) is 16.8. The number of esters is 4. The van der Waals surface area contributed by atoms with E-state index in [1.807, 2.05) is 0 Å². The third kappa shape index (κ3) is 7.78.